The average Bonchev–Trinajstić information content (AvgIpc) is 3.06. The number of hydrogen-bond donors (Lipinski definition) is 1. The van der Waals surface area contributed by atoms with Crippen molar-refractivity contribution in [1.29, 1.82) is 0 Å². The first-order chi connectivity index (χ1) is 10.6. The zero-order valence-corrected chi connectivity index (χ0v) is 13.7. The molecule has 2 N–H and O–H groups in total. The highest BCUT2D eigenvalue weighted by atomic mass is 32.1. The zero-order valence-electron chi connectivity index (χ0n) is 12.8. The molecule has 0 saturated carbocycles. The summed E-state index contributed by atoms with van der Waals surface area (Å²) in [6.45, 7) is 1.99. The second kappa shape index (κ2) is 5.42. The van der Waals surface area contributed by atoms with Crippen LogP contribution in [0.2, 0.25) is 0 Å². The fraction of sp³-hybridized carbons (Fsp3) is 0.267. The van der Waals surface area contributed by atoms with Crippen LogP contribution < -0.4 is 19.9 Å². The Kier molecular flexibility index (Phi) is 3.58. The molecule has 0 unspecified atom stereocenters. The van der Waals surface area contributed by atoms with Crippen LogP contribution in [-0.4, -0.2) is 30.9 Å². The van der Waals surface area contributed by atoms with Crippen LogP contribution in [0, 0.1) is 6.92 Å². The van der Waals surface area contributed by atoms with E-state index in [4.69, 9.17) is 19.9 Å². The molecule has 1 aromatic carbocycles. The van der Waals surface area contributed by atoms with E-state index in [0.717, 1.165) is 33.2 Å². The first-order valence-corrected chi connectivity index (χ1v) is 7.51. The number of anilines is 1. The zero-order chi connectivity index (χ0) is 15.9. The Bertz CT molecular complexity index is 813. The van der Waals surface area contributed by atoms with Gasteiger partial charge in [-0.25, -0.2) is 4.52 Å². The standard InChI is InChI=1S/C15H17N3O3S/c1-8-5-10(19-2)12(11(6-8)20-3)9-7-22-15-13(16)14(21-4)17-18(9)15/h5-7H,16H2,1-4H3. The molecule has 0 amide bonds. The Morgan fingerprint density at radius 2 is 1.73 bits per heavy atom. The second-order valence-electron chi connectivity index (χ2n) is 4.81. The van der Waals surface area contributed by atoms with Crippen LogP contribution in [0.25, 0.3) is 16.1 Å². The van der Waals surface area contributed by atoms with E-state index in [9.17, 15) is 0 Å². The van der Waals surface area contributed by atoms with Gasteiger partial charge in [0.05, 0.1) is 32.6 Å². The SMILES string of the molecule is COc1cc(C)cc(OC)c1-c1csc2c(N)c(OC)nn12. The highest BCUT2D eigenvalue weighted by Crippen LogP contribution is 2.43. The Labute approximate surface area is 132 Å². The Balaban J connectivity index is 2.32. The predicted octanol–water partition coefficient (Wildman–Crippen LogP) is 2.98. The molecule has 2 aromatic heterocycles. The monoisotopic (exact) mass is 319 g/mol. The van der Waals surface area contributed by atoms with Gasteiger partial charge in [0, 0.05) is 5.38 Å². The summed E-state index contributed by atoms with van der Waals surface area (Å²) in [5, 5.41) is 6.39. The molecule has 3 aromatic rings. The first-order valence-electron chi connectivity index (χ1n) is 6.63. The van der Waals surface area contributed by atoms with Gasteiger partial charge in [-0.3, -0.25) is 0 Å². The van der Waals surface area contributed by atoms with Crippen LogP contribution in [0.3, 0.4) is 0 Å². The minimum Gasteiger partial charge on any atom is -0.496 e. The molecule has 3 rings (SSSR count). The molecule has 0 radical (unpaired) electrons. The van der Waals surface area contributed by atoms with Gasteiger partial charge >= 0.3 is 0 Å². The highest BCUT2D eigenvalue weighted by molar-refractivity contribution is 7.16. The molecule has 22 heavy (non-hydrogen) atoms. The normalized spacial score (nSPS) is 10.9. The van der Waals surface area contributed by atoms with Crippen LogP contribution in [0.15, 0.2) is 17.5 Å². The summed E-state index contributed by atoms with van der Waals surface area (Å²) in [4.78, 5) is 0.830. The van der Waals surface area contributed by atoms with Crippen LogP contribution in [0.5, 0.6) is 17.4 Å². The van der Waals surface area contributed by atoms with E-state index < -0.39 is 0 Å². The van der Waals surface area contributed by atoms with E-state index in [2.05, 4.69) is 5.10 Å². The molecule has 0 aliphatic rings. The number of nitrogens with zero attached hydrogens (tertiary/aromatic N) is 2. The fourth-order valence-electron chi connectivity index (χ4n) is 2.44. The lowest BCUT2D eigenvalue weighted by atomic mass is 10.1. The molecule has 0 aliphatic carbocycles. The number of methoxy groups -OCH3 is 3. The van der Waals surface area contributed by atoms with E-state index in [1.165, 1.54) is 11.3 Å². The Morgan fingerprint density at radius 1 is 1.09 bits per heavy atom. The van der Waals surface area contributed by atoms with Gasteiger partial charge in [0.15, 0.2) is 0 Å². The predicted molar refractivity (Wildman–Crippen MR) is 87.3 cm³/mol. The van der Waals surface area contributed by atoms with E-state index in [0.29, 0.717) is 11.6 Å². The van der Waals surface area contributed by atoms with Gasteiger partial charge < -0.3 is 19.9 Å². The van der Waals surface area contributed by atoms with Gasteiger partial charge in [0.25, 0.3) is 5.88 Å². The lowest BCUT2D eigenvalue weighted by molar-refractivity contribution is 0.394. The third-order valence-electron chi connectivity index (χ3n) is 3.45. The summed E-state index contributed by atoms with van der Waals surface area (Å²) in [5.74, 6) is 1.87. The molecule has 0 aliphatic heterocycles. The minimum absolute atomic E-state index is 0.415. The number of nitrogen functional groups attached to an aromatic ring is 1. The third-order valence-corrected chi connectivity index (χ3v) is 4.41. The van der Waals surface area contributed by atoms with Crippen molar-refractivity contribution in [2.75, 3.05) is 27.1 Å². The van der Waals surface area contributed by atoms with Crippen LogP contribution in [-0.2, 0) is 0 Å². The fourth-order valence-corrected chi connectivity index (χ4v) is 3.34. The van der Waals surface area contributed by atoms with Gasteiger partial charge in [-0.1, -0.05) is 0 Å². The van der Waals surface area contributed by atoms with Gasteiger partial charge in [0.2, 0.25) is 0 Å². The topological polar surface area (TPSA) is 71.0 Å². The molecule has 2 heterocycles. The maximum Gasteiger partial charge on any atom is 0.258 e. The van der Waals surface area contributed by atoms with E-state index in [1.807, 2.05) is 24.4 Å². The lowest BCUT2D eigenvalue weighted by Crippen LogP contribution is -1.97. The maximum absolute atomic E-state index is 6.05. The van der Waals surface area contributed by atoms with Crippen LogP contribution in [0.1, 0.15) is 5.56 Å². The van der Waals surface area contributed by atoms with E-state index in [1.54, 1.807) is 25.8 Å². The maximum atomic E-state index is 6.05. The van der Waals surface area contributed by atoms with Crippen LogP contribution >= 0.6 is 11.3 Å². The van der Waals surface area contributed by atoms with Gasteiger partial charge in [-0.15, -0.1) is 16.4 Å². The average molecular weight is 319 g/mol. The number of aryl methyl sites for hydroxylation is 1. The highest BCUT2D eigenvalue weighted by Gasteiger charge is 2.21. The molecule has 0 atom stereocenters. The number of fused-ring (bicyclic) bond motifs is 1. The third kappa shape index (κ3) is 2.05. The van der Waals surface area contributed by atoms with Gasteiger partial charge in [-0.05, 0) is 24.6 Å². The number of nitrogens with two attached hydrogens (primary N) is 1. The van der Waals surface area contributed by atoms with Crippen LogP contribution in [0.4, 0.5) is 5.69 Å². The molecular weight excluding hydrogens is 302 g/mol. The second-order valence-corrected chi connectivity index (χ2v) is 5.66. The van der Waals surface area contributed by atoms with Crippen molar-refractivity contribution in [3.05, 3.63) is 23.1 Å². The van der Waals surface area contributed by atoms with Gasteiger partial charge in [0.1, 0.15) is 22.0 Å². The summed E-state index contributed by atoms with van der Waals surface area (Å²) in [7, 11) is 4.83. The minimum atomic E-state index is 0.415. The number of ether oxygens (including phenoxy) is 3. The summed E-state index contributed by atoms with van der Waals surface area (Å²) in [5.41, 5.74) is 9.32. The molecule has 0 saturated heterocycles. The molecule has 0 bridgehead atoms. The van der Waals surface area contributed by atoms with Crippen molar-refractivity contribution >= 4 is 21.9 Å². The van der Waals surface area contributed by atoms with Crippen molar-refractivity contribution in [3.63, 3.8) is 0 Å². The Hall–Kier alpha value is -2.41. The summed E-state index contributed by atoms with van der Waals surface area (Å²) >= 11 is 1.50. The number of hydrogen-bond acceptors (Lipinski definition) is 6. The number of benzene rings is 1. The summed E-state index contributed by atoms with van der Waals surface area (Å²) in [6, 6.07) is 3.93. The number of thiazole rings is 1. The van der Waals surface area contributed by atoms with Crippen molar-refractivity contribution in [2.24, 2.45) is 0 Å². The van der Waals surface area contributed by atoms with Crippen molar-refractivity contribution < 1.29 is 14.2 Å². The largest absolute Gasteiger partial charge is 0.496 e. The van der Waals surface area contributed by atoms with Crippen molar-refractivity contribution in [2.45, 2.75) is 6.92 Å². The first kappa shape index (κ1) is 14.5. The Morgan fingerprint density at radius 3 is 2.27 bits per heavy atom. The van der Waals surface area contributed by atoms with Crippen molar-refractivity contribution in [3.8, 4) is 28.6 Å². The summed E-state index contributed by atoms with van der Waals surface area (Å²) in [6.07, 6.45) is 0. The molecule has 7 heteroatoms. The molecular formula is C15H17N3O3S. The molecule has 0 spiro atoms. The lowest BCUT2D eigenvalue weighted by Gasteiger charge is -2.13. The number of rotatable bonds is 4. The molecule has 0 fully saturated rings. The van der Waals surface area contributed by atoms with E-state index >= 15 is 0 Å². The smallest absolute Gasteiger partial charge is 0.258 e. The van der Waals surface area contributed by atoms with Gasteiger partial charge in [-0.2, -0.15) is 0 Å². The summed E-state index contributed by atoms with van der Waals surface area (Å²) < 4.78 is 18.0. The van der Waals surface area contributed by atoms with E-state index in [-0.39, 0.29) is 0 Å². The quantitative estimate of drug-likeness (QED) is 0.800. The number of aromatic nitrogens is 2. The molecule has 6 nitrogen and oxygen atoms in total. The molecule has 116 valence electrons. The van der Waals surface area contributed by atoms with Crippen molar-refractivity contribution in [1.82, 2.24) is 9.61 Å².